The molecule has 0 radical (unpaired) electrons. The van der Waals surface area contributed by atoms with E-state index in [2.05, 4.69) is 10.4 Å². The second-order valence-electron chi connectivity index (χ2n) is 5.76. The van der Waals surface area contributed by atoms with Crippen molar-refractivity contribution in [2.45, 2.75) is 25.8 Å². The van der Waals surface area contributed by atoms with E-state index in [1.54, 1.807) is 4.68 Å². The summed E-state index contributed by atoms with van der Waals surface area (Å²) in [4.78, 5) is 14.8. The number of nitrogens with zero attached hydrogens (tertiary/aromatic N) is 3. The van der Waals surface area contributed by atoms with Crippen LogP contribution in [0.1, 0.15) is 28.9 Å². The monoisotopic (exact) mass is 334 g/mol. The second kappa shape index (κ2) is 7.62. The maximum Gasteiger partial charge on any atom is 0.257 e. The Hall–Kier alpha value is -1.85. The van der Waals surface area contributed by atoms with Crippen LogP contribution in [0.4, 0.5) is 0 Å². The Labute approximate surface area is 143 Å². The molecule has 1 aliphatic rings. The number of likely N-dealkylation sites (tertiary alicyclic amines) is 1. The number of para-hydroxylation sites is 1. The van der Waals surface area contributed by atoms with E-state index in [0.29, 0.717) is 5.56 Å². The Bertz CT molecular complexity index is 656. The zero-order chi connectivity index (χ0) is 15.5. The average molecular weight is 335 g/mol. The third-order valence-electron chi connectivity index (χ3n) is 4.23. The summed E-state index contributed by atoms with van der Waals surface area (Å²) in [6.07, 6.45) is 3.99. The van der Waals surface area contributed by atoms with Crippen LogP contribution in [-0.4, -0.2) is 46.8 Å². The number of rotatable bonds is 4. The molecule has 124 valence electrons. The topological polar surface area (TPSA) is 50.2 Å². The number of likely N-dealkylation sites (N-methyl/N-ethyl adjacent to an activating group) is 1. The van der Waals surface area contributed by atoms with Crippen LogP contribution in [-0.2, 0) is 0 Å². The SMILES string of the molecule is CNCC1CCCN1C(=O)c1cn(-c2ccccc2)nc1C.Cl. The van der Waals surface area contributed by atoms with Crippen LogP contribution in [0.2, 0.25) is 0 Å². The van der Waals surface area contributed by atoms with E-state index in [9.17, 15) is 4.79 Å². The number of amides is 1. The first-order chi connectivity index (χ1) is 10.7. The highest BCUT2D eigenvalue weighted by Gasteiger charge is 2.30. The standard InChI is InChI=1S/C17H22N4O.ClH/c1-13-16(12-21(19-13)14-7-4-3-5-8-14)17(22)20-10-6-9-15(20)11-18-2;/h3-5,7-8,12,15,18H,6,9-11H2,1-2H3;1H. The van der Waals surface area contributed by atoms with E-state index in [1.807, 2.05) is 55.4 Å². The number of hydrogen-bond acceptors (Lipinski definition) is 3. The maximum atomic E-state index is 12.8. The number of aryl methyl sites for hydroxylation is 1. The lowest BCUT2D eigenvalue weighted by molar-refractivity contribution is 0.0736. The molecule has 5 nitrogen and oxygen atoms in total. The smallest absolute Gasteiger partial charge is 0.257 e. The molecule has 2 aromatic rings. The minimum atomic E-state index is 0. The van der Waals surface area contributed by atoms with Crippen molar-refractivity contribution in [2.75, 3.05) is 20.1 Å². The van der Waals surface area contributed by atoms with Gasteiger partial charge in [-0.15, -0.1) is 12.4 Å². The predicted octanol–water partition coefficient (Wildman–Crippen LogP) is 2.43. The van der Waals surface area contributed by atoms with Gasteiger partial charge in [0, 0.05) is 25.3 Å². The summed E-state index contributed by atoms with van der Waals surface area (Å²) in [5.41, 5.74) is 2.45. The van der Waals surface area contributed by atoms with Gasteiger partial charge in [0.2, 0.25) is 0 Å². The van der Waals surface area contributed by atoms with Gasteiger partial charge in [0.15, 0.2) is 0 Å². The lowest BCUT2D eigenvalue weighted by Crippen LogP contribution is -2.40. The summed E-state index contributed by atoms with van der Waals surface area (Å²) in [5, 5.41) is 7.67. The Kier molecular flexibility index (Phi) is 5.80. The molecule has 1 aromatic heterocycles. The van der Waals surface area contributed by atoms with Crippen molar-refractivity contribution in [1.82, 2.24) is 20.0 Å². The van der Waals surface area contributed by atoms with E-state index in [-0.39, 0.29) is 24.4 Å². The van der Waals surface area contributed by atoms with Crippen LogP contribution in [0.3, 0.4) is 0 Å². The zero-order valence-corrected chi connectivity index (χ0v) is 14.3. The van der Waals surface area contributed by atoms with E-state index in [4.69, 9.17) is 0 Å². The first-order valence-corrected chi connectivity index (χ1v) is 7.78. The molecular weight excluding hydrogens is 312 g/mol. The summed E-state index contributed by atoms with van der Waals surface area (Å²) < 4.78 is 1.78. The van der Waals surface area contributed by atoms with Crippen LogP contribution in [0.5, 0.6) is 0 Å². The molecule has 0 spiro atoms. The zero-order valence-electron chi connectivity index (χ0n) is 13.5. The summed E-state index contributed by atoms with van der Waals surface area (Å²) in [6.45, 7) is 3.58. The third kappa shape index (κ3) is 3.57. The Balaban J connectivity index is 0.00000192. The summed E-state index contributed by atoms with van der Waals surface area (Å²) in [5.74, 6) is 0.0948. The number of carbonyl (C=O) groups excluding carboxylic acids is 1. The fourth-order valence-corrected chi connectivity index (χ4v) is 3.09. The van der Waals surface area contributed by atoms with Crippen molar-refractivity contribution < 1.29 is 4.79 Å². The second-order valence-corrected chi connectivity index (χ2v) is 5.76. The van der Waals surface area contributed by atoms with Crippen molar-refractivity contribution in [1.29, 1.82) is 0 Å². The van der Waals surface area contributed by atoms with Gasteiger partial charge in [-0.25, -0.2) is 4.68 Å². The molecule has 23 heavy (non-hydrogen) atoms. The van der Waals surface area contributed by atoms with Crippen LogP contribution >= 0.6 is 12.4 Å². The van der Waals surface area contributed by atoms with Crippen LogP contribution < -0.4 is 5.32 Å². The molecule has 1 fully saturated rings. The van der Waals surface area contributed by atoms with Gasteiger partial charge in [0.1, 0.15) is 0 Å². The summed E-state index contributed by atoms with van der Waals surface area (Å²) in [6, 6.07) is 10.2. The molecule has 1 amide bonds. The molecule has 1 saturated heterocycles. The molecule has 1 atom stereocenters. The van der Waals surface area contributed by atoms with Gasteiger partial charge in [-0.3, -0.25) is 4.79 Å². The van der Waals surface area contributed by atoms with Gasteiger partial charge in [0.05, 0.1) is 16.9 Å². The lowest BCUT2D eigenvalue weighted by Gasteiger charge is -2.24. The van der Waals surface area contributed by atoms with Crippen molar-refractivity contribution in [2.24, 2.45) is 0 Å². The van der Waals surface area contributed by atoms with Crippen molar-refractivity contribution in [3.05, 3.63) is 47.8 Å². The molecule has 6 heteroatoms. The largest absolute Gasteiger partial charge is 0.334 e. The van der Waals surface area contributed by atoms with Crippen LogP contribution in [0, 0.1) is 6.92 Å². The lowest BCUT2D eigenvalue weighted by atomic mass is 10.2. The van der Waals surface area contributed by atoms with Crippen molar-refractivity contribution in [3.8, 4) is 5.69 Å². The highest BCUT2D eigenvalue weighted by atomic mass is 35.5. The van der Waals surface area contributed by atoms with Gasteiger partial charge in [-0.2, -0.15) is 5.10 Å². The molecular formula is C17H23ClN4O. The van der Waals surface area contributed by atoms with E-state index in [1.165, 1.54) is 0 Å². The average Bonchev–Trinajstić information content (AvgIpc) is 3.15. The molecule has 0 bridgehead atoms. The molecule has 3 rings (SSSR count). The number of halogens is 1. The van der Waals surface area contributed by atoms with Crippen LogP contribution in [0.15, 0.2) is 36.5 Å². The molecule has 1 unspecified atom stereocenters. The van der Waals surface area contributed by atoms with Gasteiger partial charge in [-0.05, 0) is 38.9 Å². The fourth-order valence-electron chi connectivity index (χ4n) is 3.09. The number of carbonyl (C=O) groups is 1. The van der Waals surface area contributed by atoms with E-state index >= 15 is 0 Å². The van der Waals surface area contributed by atoms with E-state index < -0.39 is 0 Å². The minimum absolute atomic E-state index is 0. The molecule has 2 heterocycles. The number of nitrogens with one attached hydrogen (secondary N) is 1. The summed E-state index contributed by atoms with van der Waals surface area (Å²) in [7, 11) is 1.93. The molecule has 1 aromatic carbocycles. The highest BCUT2D eigenvalue weighted by Crippen LogP contribution is 2.21. The fraction of sp³-hybridized carbons (Fsp3) is 0.412. The Morgan fingerprint density at radius 2 is 2.09 bits per heavy atom. The number of hydrogen-bond donors (Lipinski definition) is 1. The highest BCUT2D eigenvalue weighted by molar-refractivity contribution is 5.95. The van der Waals surface area contributed by atoms with E-state index in [0.717, 1.165) is 37.3 Å². The number of aromatic nitrogens is 2. The molecule has 0 aliphatic carbocycles. The predicted molar refractivity (Wildman–Crippen MR) is 93.5 cm³/mol. The first-order valence-electron chi connectivity index (χ1n) is 7.78. The van der Waals surface area contributed by atoms with Crippen LogP contribution in [0.25, 0.3) is 5.69 Å². The quantitative estimate of drug-likeness (QED) is 0.934. The van der Waals surface area contributed by atoms with Gasteiger partial charge >= 0.3 is 0 Å². The molecule has 0 saturated carbocycles. The molecule has 1 N–H and O–H groups in total. The maximum absolute atomic E-state index is 12.8. The van der Waals surface area contributed by atoms with Gasteiger partial charge < -0.3 is 10.2 Å². The van der Waals surface area contributed by atoms with Crippen molar-refractivity contribution >= 4 is 18.3 Å². The third-order valence-corrected chi connectivity index (χ3v) is 4.23. The Morgan fingerprint density at radius 1 is 1.35 bits per heavy atom. The Morgan fingerprint density at radius 3 is 2.78 bits per heavy atom. The normalized spacial score (nSPS) is 17.1. The minimum Gasteiger partial charge on any atom is -0.334 e. The molecule has 1 aliphatic heterocycles. The van der Waals surface area contributed by atoms with Crippen molar-refractivity contribution in [3.63, 3.8) is 0 Å². The summed E-state index contributed by atoms with van der Waals surface area (Å²) >= 11 is 0. The number of benzene rings is 1. The van der Waals surface area contributed by atoms with Gasteiger partial charge in [-0.1, -0.05) is 18.2 Å². The van der Waals surface area contributed by atoms with Gasteiger partial charge in [0.25, 0.3) is 5.91 Å². The first kappa shape index (κ1) is 17.5.